The van der Waals surface area contributed by atoms with Gasteiger partial charge in [-0.3, -0.25) is 0 Å². The number of nitrogens with one attached hydrogen (secondary N) is 2. The van der Waals surface area contributed by atoms with Crippen molar-refractivity contribution < 1.29 is 9.53 Å². The number of amides is 1. The first-order chi connectivity index (χ1) is 9.76. The number of alkyl carbamates (subject to hydrolysis) is 1. The number of carbonyl (C=O) groups excluding carboxylic acids is 1. The predicted molar refractivity (Wildman–Crippen MR) is 86.6 cm³/mol. The molecule has 0 aliphatic heterocycles. The van der Waals surface area contributed by atoms with Crippen LogP contribution in [0.15, 0.2) is 17.5 Å². The first-order valence-electron chi connectivity index (χ1n) is 7.55. The van der Waals surface area contributed by atoms with E-state index in [9.17, 15) is 4.79 Å². The molecular formula is C16H26N2O2S. The molecule has 21 heavy (non-hydrogen) atoms. The highest BCUT2D eigenvalue weighted by molar-refractivity contribution is 7.10. The summed E-state index contributed by atoms with van der Waals surface area (Å²) in [5, 5.41) is 8.69. The average Bonchev–Trinajstić information content (AvgIpc) is 2.85. The van der Waals surface area contributed by atoms with Crippen molar-refractivity contribution >= 4 is 17.4 Å². The van der Waals surface area contributed by atoms with Crippen LogP contribution in [0.5, 0.6) is 0 Å². The molecule has 1 saturated carbocycles. The van der Waals surface area contributed by atoms with Gasteiger partial charge in [-0.05, 0) is 44.6 Å². The lowest BCUT2D eigenvalue weighted by molar-refractivity contribution is 0.0521. The van der Waals surface area contributed by atoms with Gasteiger partial charge in [0.2, 0.25) is 0 Å². The minimum atomic E-state index is -0.445. The molecule has 0 spiro atoms. The summed E-state index contributed by atoms with van der Waals surface area (Å²) < 4.78 is 5.29. The molecular weight excluding hydrogens is 284 g/mol. The molecule has 5 heteroatoms. The molecule has 118 valence electrons. The van der Waals surface area contributed by atoms with Gasteiger partial charge in [0.15, 0.2) is 0 Å². The van der Waals surface area contributed by atoms with Crippen LogP contribution in [0, 0.1) is 5.92 Å². The lowest BCUT2D eigenvalue weighted by Gasteiger charge is -2.22. The van der Waals surface area contributed by atoms with Gasteiger partial charge >= 0.3 is 6.09 Å². The largest absolute Gasteiger partial charge is 0.444 e. The Bertz CT molecular complexity index is 465. The fourth-order valence-electron chi connectivity index (χ4n) is 2.30. The van der Waals surface area contributed by atoms with Crippen molar-refractivity contribution in [3.8, 4) is 0 Å². The number of hydrogen-bond donors (Lipinski definition) is 2. The molecule has 2 N–H and O–H groups in total. The lowest BCUT2D eigenvalue weighted by Crippen LogP contribution is -2.38. The normalized spacial score (nSPS) is 23.0. The minimum Gasteiger partial charge on any atom is -0.444 e. The summed E-state index contributed by atoms with van der Waals surface area (Å²) >= 11 is 1.78. The number of carbonyl (C=O) groups is 1. The number of thiophene rings is 1. The second kappa shape index (κ2) is 6.36. The van der Waals surface area contributed by atoms with E-state index in [-0.39, 0.29) is 12.1 Å². The van der Waals surface area contributed by atoms with Crippen LogP contribution in [0.25, 0.3) is 0 Å². The van der Waals surface area contributed by atoms with Crippen molar-refractivity contribution in [2.45, 2.75) is 64.8 Å². The van der Waals surface area contributed by atoms with E-state index < -0.39 is 5.60 Å². The van der Waals surface area contributed by atoms with Gasteiger partial charge in [0.05, 0.1) is 0 Å². The number of rotatable bonds is 5. The molecule has 4 nitrogen and oxygen atoms in total. The Morgan fingerprint density at radius 3 is 2.62 bits per heavy atom. The topological polar surface area (TPSA) is 50.4 Å². The fourth-order valence-corrected chi connectivity index (χ4v) is 3.26. The molecule has 0 aromatic carbocycles. The second-order valence-electron chi connectivity index (χ2n) is 7.00. The Kier molecular flexibility index (Phi) is 4.94. The van der Waals surface area contributed by atoms with Crippen molar-refractivity contribution in [3.63, 3.8) is 0 Å². The second-order valence-corrected chi connectivity index (χ2v) is 7.98. The molecule has 0 bridgehead atoms. The van der Waals surface area contributed by atoms with Crippen LogP contribution in [0.4, 0.5) is 4.79 Å². The molecule has 3 atom stereocenters. The van der Waals surface area contributed by atoms with Crippen molar-refractivity contribution in [2.24, 2.45) is 5.92 Å². The van der Waals surface area contributed by atoms with Gasteiger partial charge < -0.3 is 15.4 Å². The Balaban J connectivity index is 1.82. The van der Waals surface area contributed by atoms with Crippen LogP contribution in [0.3, 0.4) is 0 Å². The van der Waals surface area contributed by atoms with E-state index in [0.717, 1.165) is 6.42 Å². The van der Waals surface area contributed by atoms with Gasteiger partial charge in [-0.2, -0.15) is 0 Å². The summed E-state index contributed by atoms with van der Waals surface area (Å²) in [5.41, 5.74) is -0.445. The molecule has 1 aliphatic carbocycles. The Morgan fingerprint density at radius 1 is 1.38 bits per heavy atom. The van der Waals surface area contributed by atoms with Crippen molar-refractivity contribution in [2.75, 3.05) is 0 Å². The highest BCUT2D eigenvalue weighted by Gasteiger charge is 2.41. The molecule has 0 radical (unpaired) electrons. The summed E-state index contributed by atoms with van der Waals surface area (Å²) in [7, 11) is 0. The molecule has 1 aromatic heterocycles. The van der Waals surface area contributed by atoms with Gasteiger partial charge in [0.1, 0.15) is 5.60 Å². The molecule has 1 heterocycles. The van der Waals surface area contributed by atoms with Crippen molar-refractivity contribution in [1.82, 2.24) is 10.6 Å². The summed E-state index contributed by atoms with van der Waals surface area (Å²) in [6.07, 6.45) is 0.641. The maximum atomic E-state index is 11.7. The molecule has 3 unspecified atom stereocenters. The van der Waals surface area contributed by atoms with Crippen LogP contribution in [0.2, 0.25) is 0 Å². The summed E-state index contributed by atoms with van der Waals surface area (Å²) in [6.45, 7) is 10.1. The summed E-state index contributed by atoms with van der Waals surface area (Å²) in [4.78, 5) is 13.1. The third-order valence-electron chi connectivity index (χ3n) is 3.40. The van der Waals surface area contributed by atoms with E-state index in [2.05, 4.69) is 42.0 Å². The maximum absolute atomic E-state index is 11.7. The SMILES string of the molecule is CC(C)C(NC1CC1NC(=O)OC(C)(C)C)c1cccs1. The average molecular weight is 310 g/mol. The molecule has 0 saturated heterocycles. The van der Waals surface area contributed by atoms with E-state index in [1.165, 1.54) is 4.88 Å². The van der Waals surface area contributed by atoms with Crippen LogP contribution in [-0.4, -0.2) is 23.8 Å². The van der Waals surface area contributed by atoms with Gasteiger partial charge in [0.25, 0.3) is 0 Å². The first kappa shape index (κ1) is 16.3. The molecule has 1 amide bonds. The minimum absolute atomic E-state index is 0.182. The predicted octanol–water partition coefficient (Wildman–Crippen LogP) is 3.70. The molecule has 2 rings (SSSR count). The van der Waals surface area contributed by atoms with Crippen molar-refractivity contribution in [3.05, 3.63) is 22.4 Å². The maximum Gasteiger partial charge on any atom is 0.407 e. The zero-order valence-electron chi connectivity index (χ0n) is 13.5. The summed E-state index contributed by atoms with van der Waals surface area (Å²) in [6, 6.07) is 5.12. The Labute approximate surface area is 131 Å². The molecule has 1 aromatic rings. The van der Waals surface area contributed by atoms with Crippen LogP contribution in [0.1, 0.15) is 52.0 Å². The standard InChI is InChI=1S/C16H26N2O2S/c1-10(2)14(13-7-6-8-21-13)17-11-9-12(11)18-15(19)20-16(3,4)5/h6-8,10-12,14,17H,9H2,1-5H3,(H,18,19). The highest BCUT2D eigenvalue weighted by Crippen LogP contribution is 2.31. The van der Waals surface area contributed by atoms with Gasteiger partial charge in [0, 0.05) is 23.0 Å². The first-order valence-corrected chi connectivity index (χ1v) is 8.43. The zero-order valence-corrected chi connectivity index (χ0v) is 14.3. The van der Waals surface area contributed by atoms with E-state index in [4.69, 9.17) is 4.74 Å². The van der Waals surface area contributed by atoms with E-state index in [0.29, 0.717) is 18.0 Å². The van der Waals surface area contributed by atoms with Crippen molar-refractivity contribution in [1.29, 1.82) is 0 Å². The van der Waals surface area contributed by atoms with E-state index in [1.54, 1.807) is 11.3 Å². The zero-order chi connectivity index (χ0) is 15.6. The van der Waals surface area contributed by atoms with Crippen LogP contribution < -0.4 is 10.6 Å². The summed E-state index contributed by atoms with van der Waals surface area (Å²) in [5.74, 6) is 0.520. The number of hydrogen-bond acceptors (Lipinski definition) is 4. The van der Waals surface area contributed by atoms with Gasteiger partial charge in [-0.25, -0.2) is 4.79 Å². The molecule has 1 fully saturated rings. The fraction of sp³-hybridized carbons (Fsp3) is 0.688. The third-order valence-corrected chi connectivity index (χ3v) is 4.36. The highest BCUT2D eigenvalue weighted by atomic mass is 32.1. The smallest absolute Gasteiger partial charge is 0.407 e. The molecule has 1 aliphatic rings. The Hall–Kier alpha value is -1.07. The van der Waals surface area contributed by atoms with Gasteiger partial charge in [-0.1, -0.05) is 19.9 Å². The number of ether oxygens (including phenoxy) is 1. The van der Waals surface area contributed by atoms with E-state index >= 15 is 0 Å². The van der Waals surface area contributed by atoms with Crippen LogP contribution >= 0.6 is 11.3 Å². The monoisotopic (exact) mass is 310 g/mol. The lowest BCUT2D eigenvalue weighted by atomic mass is 10.0. The van der Waals surface area contributed by atoms with E-state index in [1.807, 2.05) is 20.8 Å². The van der Waals surface area contributed by atoms with Crippen LogP contribution in [-0.2, 0) is 4.74 Å². The third kappa shape index (κ3) is 5.00. The Morgan fingerprint density at radius 2 is 2.10 bits per heavy atom. The quantitative estimate of drug-likeness (QED) is 0.872. The van der Waals surface area contributed by atoms with Gasteiger partial charge in [-0.15, -0.1) is 11.3 Å².